The Labute approximate surface area is 169 Å². The van der Waals surface area contributed by atoms with Crippen LogP contribution in [0.2, 0.25) is 0 Å². The topological polar surface area (TPSA) is 128 Å². The van der Waals surface area contributed by atoms with Crippen molar-refractivity contribution in [3.05, 3.63) is 17.0 Å². The lowest BCUT2D eigenvalue weighted by molar-refractivity contribution is -0.131. The second-order valence-corrected chi connectivity index (χ2v) is 8.42. The molecule has 1 fully saturated rings. The summed E-state index contributed by atoms with van der Waals surface area (Å²) in [6.07, 6.45) is 1.21. The van der Waals surface area contributed by atoms with Crippen molar-refractivity contribution in [2.24, 2.45) is 0 Å². The summed E-state index contributed by atoms with van der Waals surface area (Å²) in [6, 6.07) is 0.00788. The second kappa shape index (κ2) is 7.84. The van der Waals surface area contributed by atoms with Crippen molar-refractivity contribution in [2.75, 3.05) is 18.8 Å². The summed E-state index contributed by atoms with van der Waals surface area (Å²) in [6.45, 7) is 10.4. The van der Waals surface area contributed by atoms with Crippen LogP contribution in [-0.4, -0.2) is 61.2 Å². The quantitative estimate of drug-likeness (QED) is 0.792. The number of alkyl carbamates (subject to hydrolysis) is 1. The van der Waals surface area contributed by atoms with Gasteiger partial charge in [-0.1, -0.05) is 0 Å². The van der Waals surface area contributed by atoms with Gasteiger partial charge >= 0.3 is 6.09 Å². The van der Waals surface area contributed by atoms with Crippen molar-refractivity contribution in [1.29, 1.82) is 0 Å². The van der Waals surface area contributed by atoms with Gasteiger partial charge in [-0.3, -0.25) is 4.79 Å². The Kier molecular flexibility index (Phi) is 5.63. The number of hydrogen-bond acceptors (Lipinski definition) is 7. The van der Waals surface area contributed by atoms with Gasteiger partial charge in [0, 0.05) is 36.1 Å². The van der Waals surface area contributed by atoms with Crippen LogP contribution in [0.5, 0.6) is 0 Å². The van der Waals surface area contributed by atoms with Crippen LogP contribution < -0.4 is 11.1 Å². The minimum absolute atomic E-state index is 0.00788. The van der Waals surface area contributed by atoms with Gasteiger partial charge in [0.25, 0.3) is 5.78 Å². The molecule has 2 amide bonds. The number of nitrogens with two attached hydrogens (primary N) is 1. The Balaban J connectivity index is 1.59. The maximum absolute atomic E-state index is 12.8. The molecule has 1 aliphatic rings. The number of fused-ring (bicyclic) bond motifs is 1. The lowest BCUT2D eigenvalue weighted by atomic mass is 10.0. The largest absolute Gasteiger partial charge is 0.444 e. The first kappa shape index (κ1) is 20.8. The van der Waals surface area contributed by atoms with Crippen LogP contribution in [0.3, 0.4) is 0 Å². The average molecular weight is 403 g/mol. The van der Waals surface area contributed by atoms with Crippen molar-refractivity contribution >= 4 is 23.7 Å². The molecule has 0 aromatic carbocycles. The molecule has 0 saturated carbocycles. The van der Waals surface area contributed by atoms with Crippen LogP contribution in [0.25, 0.3) is 5.78 Å². The van der Waals surface area contributed by atoms with Crippen molar-refractivity contribution < 1.29 is 14.3 Å². The Morgan fingerprint density at radius 3 is 2.48 bits per heavy atom. The zero-order valence-corrected chi connectivity index (χ0v) is 17.7. The molecule has 0 aliphatic carbocycles. The predicted molar refractivity (Wildman–Crippen MR) is 107 cm³/mol. The van der Waals surface area contributed by atoms with Gasteiger partial charge in [-0.05, 0) is 47.5 Å². The normalized spacial score (nSPS) is 15.6. The molecule has 10 heteroatoms. The molecule has 3 rings (SSSR count). The van der Waals surface area contributed by atoms with E-state index in [1.54, 1.807) is 4.52 Å². The molecule has 0 radical (unpaired) electrons. The number of ether oxygens (including phenoxy) is 1. The second-order valence-electron chi connectivity index (χ2n) is 8.42. The van der Waals surface area contributed by atoms with E-state index in [-0.39, 0.29) is 24.3 Å². The number of carbonyl (C=O) groups is 2. The molecule has 10 nitrogen and oxygen atoms in total. The highest BCUT2D eigenvalue weighted by Gasteiger charge is 2.26. The third kappa shape index (κ3) is 4.93. The fourth-order valence-corrected chi connectivity index (χ4v) is 3.49. The zero-order chi connectivity index (χ0) is 21.3. The summed E-state index contributed by atoms with van der Waals surface area (Å²) >= 11 is 0. The number of amides is 2. The summed E-state index contributed by atoms with van der Waals surface area (Å²) in [5.41, 5.74) is 7.53. The Morgan fingerprint density at radius 1 is 1.21 bits per heavy atom. The number of hydrogen-bond donors (Lipinski definition) is 2. The van der Waals surface area contributed by atoms with Gasteiger partial charge in [-0.25, -0.2) is 9.78 Å². The van der Waals surface area contributed by atoms with Gasteiger partial charge in [-0.2, -0.15) is 9.50 Å². The van der Waals surface area contributed by atoms with Crippen LogP contribution in [0.1, 0.15) is 50.6 Å². The molecule has 158 valence electrons. The first-order valence-electron chi connectivity index (χ1n) is 9.79. The Morgan fingerprint density at radius 2 is 1.86 bits per heavy atom. The summed E-state index contributed by atoms with van der Waals surface area (Å²) in [5.74, 6) is 0.618. The number of nitrogens with one attached hydrogen (secondary N) is 1. The number of rotatable bonds is 3. The SMILES string of the molecule is Cc1nc2nc(N)nn2c(C)c1CC(=O)N1CCC(NC(=O)OC(C)(C)C)CC1. The lowest BCUT2D eigenvalue weighted by Gasteiger charge is -2.33. The zero-order valence-electron chi connectivity index (χ0n) is 17.7. The van der Waals surface area contributed by atoms with E-state index < -0.39 is 11.7 Å². The van der Waals surface area contributed by atoms with Crippen LogP contribution in [0.15, 0.2) is 0 Å². The van der Waals surface area contributed by atoms with E-state index in [1.807, 2.05) is 39.5 Å². The molecule has 29 heavy (non-hydrogen) atoms. The van der Waals surface area contributed by atoms with Crippen LogP contribution in [0.4, 0.5) is 10.7 Å². The van der Waals surface area contributed by atoms with Crippen molar-refractivity contribution in [2.45, 2.75) is 65.5 Å². The van der Waals surface area contributed by atoms with Crippen molar-refractivity contribution in [3.8, 4) is 0 Å². The van der Waals surface area contributed by atoms with Crippen molar-refractivity contribution in [1.82, 2.24) is 29.8 Å². The number of aromatic nitrogens is 4. The number of aryl methyl sites for hydroxylation is 2. The van der Waals surface area contributed by atoms with E-state index in [1.165, 1.54) is 0 Å². The maximum atomic E-state index is 12.8. The van der Waals surface area contributed by atoms with Gasteiger partial charge < -0.3 is 20.7 Å². The van der Waals surface area contributed by atoms with Crippen LogP contribution in [-0.2, 0) is 16.0 Å². The molecule has 0 unspecified atom stereocenters. The minimum atomic E-state index is -0.527. The van der Waals surface area contributed by atoms with E-state index >= 15 is 0 Å². The standard InChI is InChI=1S/C19H29N7O3/c1-11-14(12(2)26-17(21-11)23-16(20)24-26)10-15(27)25-8-6-13(7-9-25)22-18(28)29-19(3,4)5/h13H,6-10H2,1-5H3,(H2,20,24)(H,22,28). The summed E-state index contributed by atoms with van der Waals surface area (Å²) in [5, 5.41) is 7.03. The molecule has 0 atom stereocenters. The first-order chi connectivity index (χ1) is 13.5. The third-order valence-corrected chi connectivity index (χ3v) is 4.96. The van der Waals surface area contributed by atoms with E-state index in [4.69, 9.17) is 10.5 Å². The summed E-state index contributed by atoms with van der Waals surface area (Å²) in [7, 11) is 0. The average Bonchev–Trinajstić information content (AvgIpc) is 2.97. The fourth-order valence-electron chi connectivity index (χ4n) is 3.49. The third-order valence-electron chi connectivity index (χ3n) is 4.96. The number of nitrogens with zero attached hydrogens (tertiary/aromatic N) is 5. The number of anilines is 1. The molecule has 2 aromatic rings. The lowest BCUT2D eigenvalue weighted by Crippen LogP contribution is -2.48. The fraction of sp³-hybridized carbons (Fsp3) is 0.632. The van der Waals surface area contributed by atoms with Crippen molar-refractivity contribution in [3.63, 3.8) is 0 Å². The smallest absolute Gasteiger partial charge is 0.407 e. The molecule has 1 aliphatic heterocycles. The number of carbonyl (C=O) groups excluding carboxylic acids is 2. The molecule has 0 spiro atoms. The highest BCUT2D eigenvalue weighted by molar-refractivity contribution is 5.79. The monoisotopic (exact) mass is 403 g/mol. The van der Waals surface area contributed by atoms with Gasteiger partial charge in [0.15, 0.2) is 0 Å². The molecule has 1 saturated heterocycles. The number of nitrogen functional groups attached to an aromatic ring is 1. The molecule has 3 heterocycles. The van der Waals surface area contributed by atoms with Gasteiger partial charge in [-0.15, -0.1) is 5.10 Å². The maximum Gasteiger partial charge on any atom is 0.407 e. The number of likely N-dealkylation sites (tertiary alicyclic amines) is 1. The molecule has 2 aromatic heterocycles. The Hall–Kier alpha value is -2.91. The summed E-state index contributed by atoms with van der Waals surface area (Å²) in [4.78, 5) is 35.1. The van der Waals surface area contributed by atoms with Crippen LogP contribution in [0, 0.1) is 13.8 Å². The number of piperidine rings is 1. The van der Waals surface area contributed by atoms with E-state index in [0.29, 0.717) is 31.7 Å². The predicted octanol–water partition coefficient (Wildman–Crippen LogP) is 1.38. The first-order valence-corrected chi connectivity index (χ1v) is 9.79. The summed E-state index contributed by atoms with van der Waals surface area (Å²) < 4.78 is 6.87. The molecule has 3 N–H and O–H groups in total. The van der Waals surface area contributed by atoms with E-state index in [0.717, 1.165) is 17.0 Å². The highest BCUT2D eigenvalue weighted by atomic mass is 16.6. The molecular weight excluding hydrogens is 374 g/mol. The van der Waals surface area contributed by atoms with Gasteiger partial charge in [0.1, 0.15) is 5.60 Å². The van der Waals surface area contributed by atoms with E-state index in [9.17, 15) is 9.59 Å². The van der Waals surface area contributed by atoms with E-state index in [2.05, 4.69) is 20.4 Å². The highest BCUT2D eigenvalue weighted by Crippen LogP contribution is 2.18. The minimum Gasteiger partial charge on any atom is -0.444 e. The molecular formula is C19H29N7O3. The molecule has 0 bridgehead atoms. The van der Waals surface area contributed by atoms with Crippen LogP contribution >= 0.6 is 0 Å². The Bertz CT molecular complexity index is 924. The van der Waals surface area contributed by atoms with Gasteiger partial charge in [0.2, 0.25) is 11.9 Å². The van der Waals surface area contributed by atoms with Gasteiger partial charge in [0.05, 0.1) is 6.42 Å².